The predicted octanol–water partition coefficient (Wildman–Crippen LogP) is -0.211. The van der Waals surface area contributed by atoms with Crippen LogP contribution in [0.3, 0.4) is 0 Å². The Morgan fingerprint density at radius 1 is 1.50 bits per heavy atom. The summed E-state index contributed by atoms with van der Waals surface area (Å²) in [5.74, 6) is -0.826. The Hall–Kier alpha value is -1.24. The summed E-state index contributed by atoms with van der Waals surface area (Å²) in [4.78, 5) is 34.9. The van der Waals surface area contributed by atoms with Crippen LogP contribution in [0.4, 0.5) is 0 Å². The number of carbonyl (C=O) groups excluding carboxylic acids is 2. The summed E-state index contributed by atoms with van der Waals surface area (Å²) < 4.78 is 0. The van der Waals surface area contributed by atoms with Gasteiger partial charge < -0.3 is 15.3 Å². The molecule has 0 saturated carbocycles. The molecule has 1 atom stereocenters. The average molecular weight is 274 g/mol. The van der Waals surface area contributed by atoms with Crippen LogP contribution in [-0.4, -0.2) is 58.9 Å². The van der Waals surface area contributed by atoms with Crippen LogP contribution < -0.4 is 5.32 Å². The molecule has 1 unspecified atom stereocenters. The Labute approximate surface area is 110 Å². The lowest BCUT2D eigenvalue weighted by molar-refractivity contribution is -0.134. The molecule has 0 aromatic rings. The van der Waals surface area contributed by atoms with Gasteiger partial charge in [-0.2, -0.15) is 0 Å². The molecule has 0 spiro atoms. The largest absolute Gasteiger partial charge is 0.481 e. The summed E-state index contributed by atoms with van der Waals surface area (Å²) in [6, 6.07) is 0. The lowest BCUT2D eigenvalue weighted by Crippen LogP contribution is -2.37. The smallest absolute Gasteiger partial charge is 0.313 e. The highest BCUT2D eigenvalue weighted by Crippen LogP contribution is 2.15. The Morgan fingerprint density at radius 2 is 2.22 bits per heavy atom. The number of likely N-dealkylation sites (tertiary alicyclic amines) is 1. The quantitative estimate of drug-likeness (QED) is 0.671. The van der Waals surface area contributed by atoms with Crippen molar-refractivity contribution in [1.82, 2.24) is 10.2 Å². The first kappa shape index (κ1) is 14.8. The number of nitrogens with zero attached hydrogens (tertiary/aromatic N) is 1. The molecular formula is C11H18N2O4S. The number of nitrogens with one attached hydrogen (secondary N) is 1. The fourth-order valence-electron chi connectivity index (χ4n) is 1.73. The minimum Gasteiger partial charge on any atom is -0.481 e. The van der Waals surface area contributed by atoms with Crippen LogP contribution in [0.15, 0.2) is 0 Å². The topological polar surface area (TPSA) is 86.7 Å². The number of rotatable bonds is 7. The molecule has 102 valence electrons. The van der Waals surface area contributed by atoms with Crippen LogP contribution in [0.5, 0.6) is 0 Å². The molecule has 0 radical (unpaired) electrons. The first-order valence-corrected chi connectivity index (χ1v) is 7.01. The minimum atomic E-state index is -0.926. The van der Waals surface area contributed by atoms with Crippen molar-refractivity contribution in [2.75, 3.05) is 31.1 Å². The minimum absolute atomic E-state index is 0.0739. The van der Waals surface area contributed by atoms with Crippen LogP contribution in [0.1, 0.15) is 13.3 Å². The van der Waals surface area contributed by atoms with Crippen LogP contribution in [0, 0.1) is 5.92 Å². The maximum absolute atomic E-state index is 11.6. The second kappa shape index (κ2) is 7.25. The van der Waals surface area contributed by atoms with Gasteiger partial charge in [0.15, 0.2) is 0 Å². The number of carbonyl (C=O) groups is 3. The molecule has 0 aromatic heterocycles. The molecule has 2 N–H and O–H groups in total. The molecule has 2 amide bonds. The number of carboxylic acid groups (broad SMARTS) is 1. The molecule has 1 aliphatic heterocycles. The summed E-state index contributed by atoms with van der Waals surface area (Å²) in [5.41, 5.74) is 0. The molecule has 1 heterocycles. The van der Waals surface area contributed by atoms with E-state index in [1.54, 1.807) is 4.90 Å². The Bertz CT molecular complexity index is 335. The van der Waals surface area contributed by atoms with Crippen molar-refractivity contribution < 1.29 is 19.5 Å². The van der Waals surface area contributed by atoms with Gasteiger partial charge in [0.25, 0.3) is 0 Å². The van der Waals surface area contributed by atoms with Crippen molar-refractivity contribution in [2.45, 2.75) is 13.3 Å². The van der Waals surface area contributed by atoms with Gasteiger partial charge in [0.1, 0.15) is 0 Å². The van der Waals surface area contributed by atoms with Crippen molar-refractivity contribution in [3.05, 3.63) is 0 Å². The molecule has 0 aliphatic carbocycles. The standard InChI is InChI=1S/C11H18N2O4S/c1-8-2-4-13(11(8)17)5-3-12-9(14)6-18-7-10(15)16/h8H,2-7H2,1H3,(H,12,14)(H,15,16). The zero-order chi connectivity index (χ0) is 13.5. The first-order chi connectivity index (χ1) is 8.50. The van der Waals surface area contributed by atoms with Gasteiger partial charge in [-0.3, -0.25) is 14.4 Å². The van der Waals surface area contributed by atoms with Gasteiger partial charge in [-0.15, -0.1) is 11.8 Å². The SMILES string of the molecule is CC1CCN(CCNC(=O)CSCC(=O)O)C1=O. The Kier molecular flexibility index (Phi) is 5.97. The van der Waals surface area contributed by atoms with Crippen molar-refractivity contribution in [3.8, 4) is 0 Å². The van der Waals surface area contributed by atoms with E-state index < -0.39 is 5.97 Å². The predicted molar refractivity (Wildman–Crippen MR) is 68.3 cm³/mol. The highest BCUT2D eigenvalue weighted by atomic mass is 32.2. The maximum Gasteiger partial charge on any atom is 0.313 e. The van der Waals surface area contributed by atoms with Crippen molar-refractivity contribution in [3.63, 3.8) is 0 Å². The monoisotopic (exact) mass is 274 g/mol. The number of hydrogen-bond acceptors (Lipinski definition) is 4. The molecule has 18 heavy (non-hydrogen) atoms. The van der Waals surface area contributed by atoms with E-state index in [0.29, 0.717) is 13.1 Å². The molecule has 0 bridgehead atoms. The van der Waals surface area contributed by atoms with Crippen LogP contribution >= 0.6 is 11.8 Å². The third kappa shape index (κ3) is 4.95. The van der Waals surface area contributed by atoms with E-state index in [1.807, 2.05) is 6.92 Å². The molecule has 6 nitrogen and oxygen atoms in total. The maximum atomic E-state index is 11.6. The number of hydrogen-bond donors (Lipinski definition) is 2. The van der Waals surface area contributed by atoms with Gasteiger partial charge in [-0.05, 0) is 6.42 Å². The zero-order valence-corrected chi connectivity index (χ0v) is 11.2. The molecule has 1 saturated heterocycles. The van der Waals surface area contributed by atoms with E-state index in [0.717, 1.165) is 24.7 Å². The van der Waals surface area contributed by atoms with Gasteiger partial charge in [0.2, 0.25) is 11.8 Å². The second-order valence-electron chi connectivity index (χ2n) is 4.25. The molecule has 1 aliphatic rings. The molecule has 7 heteroatoms. The zero-order valence-electron chi connectivity index (χ0n) is 10.3. The average Bonchev–Trinajstić information content (AvgIpc) is 2.60. The van der Waals surface area contributed by atoms with Crippen LogP contribution in [-0.2, 0) is 14.4 Å². The van der Waals surface area contributed by atoms with Crippen molar-refractivity contribution in [1.29, 1.82) is 0 Å². The number of carboxylic acids is 1. The summed E-state index contributed by atoms with van der Waals surface area (Å²) in [7, 11) is 0. The summed E-state index contributed by atoms with van der Waals surface area (Å²) >= 11 is 1.06. The molecular weight excluding hydrogens is 256 g/mol. The second-order valence-corrected chi connectivity index (χ2v) is 5.24. The van der Waals surface area contributed by atoms with Crippen LogP contribution in [0.25, 0.3) is 0 Å². The van der Waals surface area contributed by atoms with Crippen molar-refractivity contribution in [2.24, 2.45) is 5.92 Å². The van der Waals surface area contributed by atoms with E-state index in [4.69, 9.17) is 5.11 Å². The number of amides is 2. The van der Waals surface area contributed by atoms with Gasteiger partial charge >= 0.3 is 5.97 Å². The van der Waals surface area contributed by atoms with E-state index in [2.05, 4.69) is 5.32 Å². The fraction of sp³-hybridized carbons (Fsp3) is 0.727. The fourth-order valence-corrected chi connectivity index (χ4v) is 2.29. The number of aliphatic carboxylic acids is 1. The third-order valence-electron chi connectivity index (χ3n) is 2.73. The molecule has 0 aromatic carbocycles. The highest BCUT2D eigenvalue weighted by Gasteiger charge is 2.27. The van der Waals surface area contributed by atoms with Gasteiger partial charge in [-0.1, -0.05) is 6.92 Å². The molecule has 1 fully saturated rings. The number of thioether (sulfide) groups is 1. The van der Waals surface area contributed by atoms with Crippen molar-refractivity contribution >= 4 is 29.5 Å². The van der Waals surface area contributed by atoms with E-state index in [9.17, 15) is 14.4 Å². The Morgan fingerprint density at radius 3 is 2.78 bits per heavy atom. The van der Waals surface area contributed by atoms with E-state index in [-0.39, 0.29) is 29.2 Å². The van der Waals surface area contributed by atoms with E-state index in [1.165, 1.54) is 0 Å². The van der Waals surface area contributed by atoms with Crippen LogP contribution in [0.2, 0.25) is 0 Å². The van der Waals surface area contributed by atoms with Gasteiger partial charge in [0, 0.05) is 25.6 Å². The normalized spacial score (nSPS) is 19.1. The highest BCUT2D eigenvalue weighted by molar-refractivity contribution is 8.00. The Balaban J connectivity index is 2.09. The van der Waals surface area contributed by atoms with E-state index >= 15 is 0 Å². The third-order valence-corrected chi connectivity index (χ3v) is 3.65. The summed E-state index contributed by atoms with van der Waals surface area (Å²) in [5, 5.41) is 11.1. The lowest BCUT2D eigenvalue weighted by atomic mass is 10.1. The summed E-state index contributed by atoms with van der Waals surface area (Å²) in [6.07, 6.45) is 0.876. The van der Waals surface area contributed by atoms with Gasteiger partial charge in [-0.25, -0.2) is 0 Å². The molecule has 1 rings (SSSR count). The lowest BCUT2D eigenvalue weighted by Gasteiger charge is -2.16. The van der Waals surface area contributed by atoms with Gasteiger partial charge in [0.05, 0.1) is 11.5 Å². The summed E-state index contributed by atoms with van der Waals surface area (Å²) in [6.45, 7) is 3.61. The first-order valence-electron chi connectivity index (χ1n) is 5.85.